The van der Waals surface area contributed by atoms with E-state index in [0.717, 1.165) is 30.8 Å². The Bertz CT molecular complexity index is 324. The molecular weight excluding hydrogens is 214 g/mol. The van der Waals surface area contributed by atoms with Crippen LogP contribution in [0.2, 0.25) is 0 Å². The van der Waals surface area contributed by atoms with Gasteiger partial charge in [0.1, 0.15) is 0 Å². The van der Waals surface area contributed by atoms with Gasteiger partial charge in [-0.05, 0) is 31.9 Å². The van der Waals surface area contributed by atoms with Gasteiger partial charge >= 0.3 is 0 Å². The van der Waals surface area contributed by atoms with E-state index in [1.54, 1.807) is 6.92 Å². The maximum Gasteiger partial charge on any atom is 0.0572 e. The average Bonchev–Trinajstić information content (AvgIpc) is 2.35. The van der Waals surface area contributed by atoms with Crippen LogP contribution in [0.4, 0.5) is 5.69 Å². The topological polar surface area (TPSA) is 62.4 Å². The normalized spacial score (nSPS) is 14.4. The summed E-state index contributed by atoms with van der Waals surface area (Å²) < 4.78 is 0. The van der Waals surface area contributed by atoms with E-state index in [2.05, 4.69) is 16.8 Å². The largest absolute Gasteiger partial charge is 0.393 e. The third kappa shape index (κ3) is 4.32. The van der Waals surface area contributed by atoms with E-state index in [1.807, 2.05) is 25.4 Å². The average molecular weight is 237 g/mol. The Balaban J connectivity index is 2.60. The molecule has 0 aliphatic rings. The predicted molar refractivity (Wildman–Crippen MR) is 71.0 cm³/mol. The fourth-order valence-corrected chi connectivity index (χ4v) is 1.56. The third-order valence-corrected chi connectivity index (χ3v) is 2.91. The van der Waals surface area contributed by atoms with Crippen molar-refractivity contribution in [3.8, 4) is 0 Å². The summed E-state index contributed by atoms with van der Waals surface area (Å²) in [7, 11) is 2.00. The molecule has 1 rings (SSSR count). The van der Waals surface area contributed by atoms with E-state index >= 15 is 0 Å². The molecule has 0 aromatic carbocycles. The highest BCUT2D eigenvalue weighted by atomic mass is 16.3. The van der Waals surface area contributed by atoms with Crippen molar-refractivity contribution in [2.75, 3.05) is 18.5 Å². The van der Waals surface area contributed by atoms with Gasteiger partial charge in [-0.1, -0.05) is 6.92 Å². The number of aromatic nitrogens is 1. The molecule has 2 atom stereocenters. The van der Waals surface area contributed by atoms with Crippen molar-refractivity contribution in [2.24, 2.45) is 5.73 Å². The van der Waals surface area contributed by atoms with Crippen LogP contribution in [0.25, 0.3) is 0 Å². The number of aliphatic hydroxyl groups is 1. The molecule has 0 aliphatic carbocycles. The van der Waals surface area contributed by atoms with Gasteiger partial charge in [0.15, 0.2) is 0 Å². The molecule has 1 heterocycles. The monoisotopic (exact) mass is 237 g/mol. The number of nitrogens with zero attached hydrogens (tertiary/aromatic N) is 2. The lowest BCUT2D eigenvalue weighted by atomic mass is 10.1. The van der Waals surface area contributed by atoms with Crippen LogP contribution in [0.15, 0.2) is 18.3 Å². The van der Waals surface area contributed by atoms with E-state index < -0.39 is 0 Å². The van der Waals surface area contributed by atoms with Crippen LogP contribution in [0.3, 0.4) is 0 Å². The summed E-state index contributed by atoms with van der Waals surface area (Å²) in [5.74, 6) is 0. The molecule has 1 unspecified atom stereocenters. The first-order valence-corrected chi connectivity index (χ1v) is 6.15. The Morgan fingerprint density at radius 2 is 2.18 bits per heavy atom. The Morgan fingerprint density at radius 1 is 1.47 bits per heavy atom. The van der Waals surface area contributed by atoms with Gasteiger partial charge in [-0.25, -0.2) is 0 Å². The lowest BCUT2D eigenvalue weighted by molar-refractivity contribution is 0.187. The van der Waals surface area contributed by atoms with Gasteiger partial charge in [0.25, 0.3) is 0 Å². The second kappa shape index (κ2) is 6.57. The van der Waals surface area contributed by atoms with Crippen LogP contribution in [0, 0.1) is 0 Å². The van der Waals surface area contributed by atoms with Crippen molar-refractivity contribution in [1.82, 2.24) is 4.98 Å². The molecule has 0 saturated heterocycles. The summed E-state index contributed by atoms with van der Waals surface area (Å²) in [4.78, 5) is 6.45. The van der Waals surface area contributed by atoms with Crippen molar-refractivity contribution in [3.63, 3.8) is 0 Å². The summed E-state index contributed by atoms with van der Waals surface area (Å²) in [5, 5.41) is 9.24. The first-order chi connectivity index (χ1) is 8.04. The molecular formula is C13H23N3O. The number of hydrogen-bond donors (Lipinski definition) is 2. The minimum absolute atomic E-state index is 0.0202. The van der Waals surface area contributed by atoms with Crippen molar-refractivity contribution in [2.45, 2.75) is 38.8 Å². The molecule has 0 bridgehead atoms. The van der Waals surface area contributed by atoms with E-state index in [-0.39, 0.29) is 12.1 Å². The Hall–Kier alpha value is -1.13. The summed E-state index contributed by atoms with van der Waals surface area (Å²) in [5.41, 5.74) is 7.89. The zero-order valence-electron chi connectivity index (χ0n) is 10.9. The molecule has 0 spiro atoms. The fourth-order valence-electron chi connectivity index (χ4n) is 1.56. The van der Waals surface area contributed by atoms with Crippen molar-refractivity contribution in [1.29, 1.82) is 0 Å². The molecule has 96 valence electrons. The molecule has 1 aromatic rings. The standard InChI is InChI=1S/C13H23N3O/c1-4-12(14)13-6-5-11(9-15-13)16(3)8-7-10(2)17/h5-6,9-10,12,17H,4,7-8,14H2,1-3H3/t10?,12-/m1/s1. The summed E-state index contributed by atoms with van der Waals surface area (Å²) in [6, 6.07) is 4.02. The SMILES string of the molecule is CC[C@@H](N)c1ccc(N(C)CCC(C)O)cn1. The van der Waals surface area contributed by atoms with E-state index in [1.165, 1.54) is 0 Å². The number of nitrogens with two attached hydrogens (primary N) is 1. The van der Waals surface area contributed by atoms with Crippen LogP contribution in [-0.2, 0) is 0 Å². The van der Waals surface area contributed by atoms with E-state index in [0.29, 0.717) is 0 Å². The maximum absolute atomic E-state index is 9.24. The minimum atomic E-state index is -0.266. The summed E-state index contributed by atoms with van der Waals surface area (Å²) in [6.45, 7) is 4.67. The Labute approximate surface area is 103 Å². The number of pyridine rings is 1. The molecule has 0 saturated carbocycles. The second-order valence-corrected chi connectivity index (χ2v) is 4.52. The molecule has 4 nitrogen and oxygen atoms in total. The molecule has 0 fully saturated rings. The predicted octanol–water partition coefficient (Wildman–Crippen LogP) is 1.70. The van der Waals surface area contributed by atoms with Gasteiger partial charge in [0.2, 0.25) is 0 Å². The highest BCUT2D eigenvalue weighted by molar-refractivity contribution is 5.43. The van der Waals surface area contributed by atoms with Gasteiger partial charge in [-0.2, -0.15) is 0 Å². The van der Waals surface area contributed by atoms with Gasteiger partial charge in [-0.3, -0.25) is 4.98 Å². The molecule has 0 amide bonds. The number of aliphatic hydroxyl groups excluding tert-OH is 1. The smallest absolute Gasteiger partial charge is 0.0572 e. The van der Waals surface area contributed by atoms with Crippen LogP contribution >= 0.6 is 0 Å². The zero-order valence-corrected chi connectivity index (χ0v) is 10.9. The number of hydrogen-bond acceptors (Lipinski definition) is 4. The van der Waals surface area contributed by atoms with Gasteiger partial charge in [-0.15, -0.1) is 0 Å². The molecule has 0 aliphatic heterocycles. The van der Waals surface area contributed by atoms with Crippen LogP contribution in [0.1, 0.15) is 38.4 Å². The van der Waals surface area contributed by atoms with Crippen molar-refractivity contribution < 1.29 is 5.11 Å². The lowest BCUT2D eigenvalue weighted by Gasteiger charge is -2.20. The van der Waals surface area contributed by atoms with Gasteiger partial charge in [0.05, 0.1) is 23.7 Å². The fraction of sp³-hybridized carbons (Fsp3) is 0.615. The van der Waals surface area contributed by atoms with E-state index in [4.69, 9.17) is 5.73 Å². The third-order valence-electron chi connectivity index (χ3n) is 2.91. The highest BCUT2D eigenvalue weighted by Crippen LogP contribution is 2.16. The lowest BCUT2D eigenvalue weighted by Crippen LogP contribution is -2.22. The Kier molecular flexibility index (Phi) is 5.38. The molecule has 0 radical (unpaired) electrons. The zero-order chi connectivity index (χ0) is 12.8. The molecule has 4 heteroatoms. The van der Waals surface area contributed by atoms with E-state index in [9.17, 15) is 5.11 Å². The summed E-state index contributed by atoms with van der Waals surface area (Å²) >= 11 is 0. The number of rotatable bonds is 6. The quantitative estimate of drug-likeness (QED) is 0.790. The van der Waals surface area contributed by atoms with Crippen molar-refractivity contribution in [3.05, 3.63) is 24.0 Å². The van der Waals surface area contributed by atoms with Crippen LogP contribution in [-0.4, -0.2) is 29.8 Å². The minimum Gasteiger partial charge on any atom is -0.393 e. The van der Waals surface area contributed by atoms with Gasteiger partial charge < -0.3 is 15.7 Å². The first-order valence-electron chi connectivity index (χ1n) is 6.15. The number of anilines is 1. The van der Waals surface area contributed by atoms with Crippen molar-refractivity contribution >= 4 is 5.69 Å². The Morgan fingerprint density at radius 3 is 2.65 bits per heavy atom. The molecule has 17 heavy (non-hydrogen) atoms. The maximum atomic E-state index is 9.24. The first kappa shape index (κ1) is 13.9. The summed E-state index contributed by atoms with van der Waals surface area (Å²) in [6.07, 6.45) is 3.22. The highest BCUT2D eigenvalue weighted by Gasteiger charge is 2.07. The molecule has 3 N–H and O–H groups in total. The molecule has 1 aromatic heterocycles. The van der Waals surface area contributed by atoms with Gasteiger partial charge in [0, 0.05) is 19.6 Å². The second-order valence-electron chi connectivity index (χ2n) is 4.52. The van der Waals surface area contributed by atoms with Crippen LogP contribution < -0.4 is 10.6 Å². The van der Waals surface area contributed by atoms with Crippen LogP contribution in [0.5, 0.6) is 0 Å².